The average molecular weight is 213 g/mol. The Labute approximate surface area is 79.2 Å². The Morgan fingerprint density at radius 2 is 2.27 bits per heavy atom. The third-order valence-electron chi connectivity index (χ3n) is 0.954. The predicted molar refractivity (Wildman–Crippen MR) is 47.9 cm³/mol. The predicted octanol–water partition coefficient (Wildman–Crippen LogP) is 2.45. The molecule has 0 unspecified atom stereocenters. The Morgan fingerprint density at radius 3 is 2.64 bits per heavy atom. The van der Waals surface area contributed by atoms with Crippen molar-refractivity contribution in [2.75, 3.05) is 0 Å². The summed E-state index contributed by atoms with van der Waals surface area (Å²) in [5.41, 5.74) is 0. The highest BCUT2D eigenvalue weighted by Crippen LogP contribution is 2.21. The van der Waals surface area contributed by atoms with Crippen LogP contribution in [-0.2, 0) is 11.2 Å². The summed E-state index contributed by atoms with van der Waals surface area (Å²) in [6.45, 7) is 0. The topological polar surface area (TPSA) is 37.3 Å². The molecule has 0 saturated carbocycles. The number of rotatable bonds is 2. The van der Waals surface area contributed by atoms with Crippen LogP contribution >= 0.6 is 35.3 Å². The zero-order chi connectivity index (χ0) is 7.56. The minimum absolute atomic E-state index is 0. The lowest BCUT2D eigenvalue weighted by molar-refractivity contribution is -0.136. The molecule has 1 rings (SSSR count). The number of halogens is 2. The normalized spacial score (nSPS) is 8.82. The number of hydrogen-bond acceptors (Lipinski definition) is 2. The molecule has 62 valence electrons. The second-order valence-electron chi connectivity index (χ2n) is 1.78. The van der Waals surface area contributed by atoms with Crippen molar-refractivity contribution in [1.82, 2.24) is 0 Å². The van der Waals surface area contributed by atoms with E-state index in [9.17, 15) is 4.79 Å². The van der Waals surface area contributed by atoms with E-state index in [-0.39, 0.29) is 18.8 Å². The highest BCUT2D eigenvalue weighted by atomic mass is 35.5. The summed E-state index contributed by atoms with van der Waals surface area (Å²) in [5, 5.41) is 8.34. The monoisotopic (exact) mass is 212 g/mol. The van der Waals surface area contributed by atoms with E-state index in [2.05, 4.69) is 0 Å². The van der Waals surface area contributed by atoms with Gasteiger partial charge in [0.1, 0.15) is 0 Å². The Kier molecular flexibility index (Phi) is 4.49. The molecule has 0 amide bonds. The molecule has 0 atom stereocenters. The summed E-state index contributed by atoms with van der Waals surface area (Å²) in [6, 6.07) is 3.42. The number of thiophene rings is 1. The van der Waals surface area contributed by atoms with Gasteiger partial charge >= 0.3 is 5.97 Å². The molecule has 0 aliphatic rings. The van der Waals surface area contributed by atoms with Crippen LogP contribution < -0.4 is 0 Å². The molecule has 2 nitrogen and oxygen atoms in total. The van der Waals surface area contributed by atoms with Gasteiger partial charge in [0.15, 0.2) is 0 Å². The first-order valence-electron chi connectivity index (χ1n) is 2.64. The summed E-state index contributed by atoms with van der Waals surface area (Å²) in [5.74, 6) is -0.821. The summed E-state index contributed by atoms with van der Waals surface area (Å²) < 4.78 is 0.635. The van der Waals surface area contributed by atoms with Gasteiger partial charge in [-0.1, -0.05) is 11.6 Å². The van der Waals surface area contributed by atoms with E-state index < -0.39 is 5.97 Å². The number of carbonyl (C=O) groups is 1. The molecule has 0 aliphatic carbocycles. The number of carboxylic acids is 1. The van der Waals surface area contributed by atoms with Crippen LogP contribution in [0.5, 0.6) is 0 Å². The molecule has 0 saturated heterocycles. The van der Waals surface area contributed by atoms with Crippen LogP contribution in [0.25, 0.3) is 0 Å². The van der Waals surface area contributed by atoms with Crippen LogP contribution in [0.3, 0.4) is 0 Å². The van der Waals surface area contributed by atoms with Crippen LogP contribution in [0, 0.1) is 0 Å². The lowest BCUT2D eigenvalue weighted by atomic mass is 10.3. The molecule has 0 bridgehead atoms. The van der Waals surface area contributed by atoms with Crippen molar-refractivity contribution >= 4 is 41.3 Å². The van der Waals surface area contributed by atoms with Crippen molar-refractivity contribution in [3.63, 3.8) is 0 Å². The molecule has 0 radical (unpaired) electrons. The van der Waals surface area contributed by atoms with Crippen LogP contribution in [0.4, 0.5) is 0 Å². The van der Waals surface area contributed by atoms with Gasteiger partial charge in [0.05, 0.1) is 10.8 Å². The van der Waals surface area contributed by atoms with Crippen molar-refractivity contribution in [3.05, 3.63) is 21.3 Å². The number of hydrogen-bond donors (Lipinski definition) is 1. The summed E-state index contributed by atoms with van der Waals surface area (Å²) in [7, 11) is 0. The molecule has 0 spiro atoms. The first-order valence-corrected chi connectivity index (χ1v) is 3.84. The molecule has 0 fully saturated rings. The molecule has 1 heterocycles. The molecular formula is C6H6Cl2O2S. The second kappa shape index (κ2) is 4.59. The van der Waals surface area contributed by atoms with Gasteiger partial charge in [-0.25, -0.2) is 0 Å². The fourth-order valence-electron chi connectivity index (χ4n) is 0.596. The lowest BCUT2D eigenvalue weighted by Gasteiger charge is -1.85. The van der Waals surface area contributed by atoms with Crippen LogP contribution in [0.2, 0.25) is 4.34 Å². The minimum atomic E-state index is -0.821. The molecule has 0 aromatic carbocycles. The van der Waals surface area contributed by atoms with E-state index in [1.165, 1.54) is 11.3 Å². The van der Waals surface area contributed by atoms with Crippen molar-refractivity contribution in [2.45, 2.75) is 6.42 Å². The Bertz CT molecular complexity index is 246. The van der Waals surface area contributed by atoms with Crippen LogP contribution in [0.1, 0.15) is 4.88 Å². The van der Waals surface area contributed by atoms with Crippen molar-refractivity contribution in [3.8, 4) is 0 Å². The maximum atomic E-state index is 10.1. The first kappa shape index (κ1) is 10.8. The summed E-state index contributed by atoms with van der Waals surface area (Å²) in [6.07, 6.45) is 0.0669. The van der Waals surface area contributed by atoms with Crippen molar-refractivity contribution < 1.29 is 9.90 Å². The van der Waals surface area contributed by atoms with E-state index in [4.69, 9.17) is 16.7 Å². The second-order valence-corrected chi connectivity index (χ2v) is 3.58. The maximum absolute atomic E-state index is 10.1. The Balaban J connectivity index is 0.000001000. The molecule has 1 N–H and O–H groups in total. The van der Waals surface area contributed by atoms with Gasteiger partial charge in [-0.2, -0.15) is 0 Å². The molecular weight excluding hydrogens is 207 g/mol. The third kappa shape index (κ3) is 3.60. The van der Waals surface area contributed by atoms with Gasteiger partial charge in [0.2, 0.25) is 0 Å². The molecule has 0 aliphatic heterocycles. The highest BCUT2D eigenvalue weighted by molar-refractivity contribution is 7.16. The molecule has 1 aromatic heterocycles. The Hall–Kier alpha value is -0.250. The largest absolute Gasteiger partial charge is 0.481 e. The fraction of sp³-hybridized carbons (Fsp3) is 0.167. The van der Waals surface area contributed by atoms with Crippen LogP contribution in [-0.4, -0.2) is 11.1 Å². The molecule has 11 heavy (non-hydrogen) atoms. The van der Waals surface area contributed by atoms with Gasteiger partial charge in [-0.3, -0.25) is 4.79 Å². The zero-order valence-corrected chi connectivity index (χ0v) is 7.80. The van der Waals surface area contributed by atoms with E-state index in [1.54, 1.807) is 12.1 Å². The highest BCUT2D eigenvalue weighted by Gasteiger charge is 2.01. The lowest BCUT2D eigenvalue weighted by Crippen LogP contribution is -1.96. The van der Waals surface area contributed by atoms with E-state index in [0.717, 1.165) is 4.88 Å². The van der Waals surface area contributed by atoms with Crippen molar-refractivity contribution in [2.24, 2.45) is 0 Å². The number of carboxylic acid groups (broad SMARTS) is 1. The van der Waals surface area contributed by atoms with E-state index in [1.807, 2.05) is 0 Å². The standard InChI is InChI=1S/C6H5ClO2S.ClH/c7-5-2-1-4(10-5)3-6(8)9;/h1-2H,3H2,(H,8,9);1H. The van der Waals surface area contributed by atoms with Gasteiger partial charge < -0.3 is 5.11 Å². The zero-order valence-electron chi connectivity index (χ0n) is 5.41. The van der Waals surface area contributed by atoms with Crippen molar-refractivity contribution in [1.29, 1.82) is 0 Å². The van der Waals surface area contributed by atoms with Gasteiger partial charge in [0, 0.05) is 4.88 Å². The molecule has 5 heteroatoms. The minimum Gasteiger partial charge on any atom is -0.481 e. The fourth-order valence-corrected chi connectivity index (χ4v) is 1.67. The average Bonchev–Trinajstić information content (AvgIpc) is 2.13. The van der Waals surface area contributed by atoms with Crippen LogP contribution in [0.15, 0.2) is 12.1 Å². The summed E-state index contributed by atoms with van der Waals surface area (Å²) >= 11 is 6.87. The summed E-state index contributed by atoms with van der Waals surface area (Å²) in [4.78, 5) is 10.9. The Morgan fingerprint density at radius 1 is 1.64 bits per heavy atom. The van der Waals surface area contributed by atoms with Gasteiger partial charge in [0.25, 0.3) is 0 Å². The third-order valence-corrected chi connectivity index (χ3v) is 2.19. The first-order chi connectivity index (χ1) is 4.68. The van der Waals surface area contributed by atoms with Gasteiger partial charge in [-0.05, 0) is 12.1 Å². The van der Waals surface area contributed by atoms with Gasteiger partial charge in [-0.15, -0.1) is 23.7 Å². The molecule has 1 aromatic rings. The van der Waals surface area contributed by atoms with E-state index in [0.29, 0.717) is 4.34 Å². The number of aliphatic carboxylic acids is 1. The SMILES string of the molecule is Cl.O=C(O)Cc1ccc(Cl)s1. The van der Waals surface area contributed by atoms with E-state index >= 15 is 0 Å². The smallest absolute Gasteiger partial charge is 0.308 e. The quantitative estimate of drug-likeness (QED) is 0.819. The maximum Gasteiger partial charge on any atom is 0.308 e.